The Labute approximate surface area is 126 Å². The topological polar surface area (TPSA) is 26.3 Å². The Kier molecular flexibility index (Phi) is 14.0. The highest BCUT2D eigenvalue weighted by atomic mass is 16.5. The molecule has 118 valence electrons. The summed E-state index contributed by atoms with van der Waals surface area (Å²) >= 11 is 0. The van der Waals surface area contributed by atoms with Crippen LogP contribution in [0.3, 0.4) is 0 Å². The lowest BCUT2D eigenvalue weighted by Crippen LogP contribution is -1.98. The highest BCUT2D eigenvalue weighted by molar-refractivity contribution is 5.68. The monoisotopic (exact) mass is 282 g/mol. The number of carbonyl (C=O) groups excluding carboxylic acids is 1. The lowest BCUT2D eigenvalue weighted by atomic mass is 10.0. The highest BCUT2D eigenvalue weighted by Gasteiger charge is 1.98. The van der Waals surface area contributed by atoms with E-state index in [0.29, 0.717) is 6.42 Å². The summed E-state index contributed by atoms with van der Waals surface area (Å²) in [4.78, 5) is 10.9. The summed E-state index contributed by atoms with van der Waals surface area (Å²) in [5, 5.41) is 0. The largest absolute Gasteiger partial charge is 0.469 e. The molecule has 0 aromatic carbocycles. The van der Waals surface area contributed by atoms with Gasteiger partial charge in [0.2, 0.25) is 0 Å². The fourth-order valence-electron chi connectivity index (χ4n) is 2.19. The molecule has 0 aliphatic heterocycles. The van der Waals surface area contributed by atoms with Crippen LogP contribution in [0.2, 0.25) is 0 Å². The van der Waals surface area contributed by atoms with Gasteiger partial charge >= 0.3 is 5.97 Å². The third-order valence-corrected chi connectivity index (χ3v) is 3.91. The number of unbranched alkanes of at least 4 members (excludes halogenated alkanes) is 6. The highest BCUT2D eigenvalue weighted by Crippen LogP contribution is 2.12. The summed E-state index contributed by atoms with van der Waals surface area (Å²) in [5.74, 6) is 0.804. The van der Waals surface area contributed by atoms with Gasteiger partial charge in [0.05, 0.1) is 7.11 Å². The first kappa shape index (κ1) is 19.2. The molecule has 0 saturated heterocycles. The van der Waals surface area contributed by atoms with Crippen LogP contribution in [-0.2, 0) is 9.53 Å². The molecule has 20 heavy (non-hydrogen) atoms. The molecular formula is C18H34O2. The summed E-state index contributed by atoms with van der Waals surface area (Å²) in [5.41, 5.74) is 0. The van der Waals surface area contributed by atoms with E-state index in [2.05, 4.69) is 30.7 Å². The van der Waals surface area contributed by atoms with Crippen molar-refractivity contribution >= 4 is 5.97 Å². The number of hydrogen-bond acceptors (Lipinski definition) is 2. The van der Waals surface area contributed by atoms with Crippen LogP contribution in [0.15, 0.2) is 12.2 Å². The smallest absolute Gasteiger partial charge is 0.305 e. The first-order valence-electron chi connectivity index (χ1n) is 8.42. The van der Waals surface area contributed by atoms with Crippen molar-refractivity contribution in [2.45, 2.75) is 84.5 Å². The molecule has 1 unspecified atom stereocenters. The molecule has 0 N–H and O–H groups in total. The van der Waals surface area contributed by atoms with Crippen LogP contribution in [-0.4, -0.2) is 13.1 Å². The Morgan fingerprint density at radius 2 is 1.60 bits per heavy atom. The lowest BCUT2D eigenvalue weighted by molar-refractivity contribution is -0.140. The van der Waals surface area contributed by atoms with E-state index in [-0.39, 0.29) is 5.97 Å². The maximum absolute atomic E-state index is 10.9. The van der Waals surface area contributed by atoms with Crippen molar-refractivity contribution in [3.05, 3.63) is 12.2 Å². The summed E-state index contributed by atoms with van der Waals surface area (Å²) in [7, 11) is 1.46. The zero-order valence-electron chi connectivity index (χ0n) is 13.8. The molecule has 0 aliphatic carbocycles. The van der Waals surface area contributed by atoms with Crippen LogP contribution in [0.25, 0.3) is 0 Å². The number of allylic oxidation sites excluding steroid dienone is 2. The van der Waals surface area contributed by atoms with E-state index >= 15 is 0 Å². The standard InChI is InChI=1S/C18H34O2/c1-4-17(2)15-13-11-9-7-5-6-8-10-12-14-16-18(19)20-3/h7,9,17H,4-6,8,10-16H2,1-3H3/b9-7+. The molecule has 0 spiro atoms. The van der Waals surface area contributed by atoms with Crippen molar-refractivity contribution in [2.24, 2.45) is 5.92 Å². The van der Waals surface area contributed by atoms with Gasteiger partial charge in [-0.25, -0.2) is 0 Å². The Hall–Kier alpha value is -0.790. The van der Waals surface area contributed by atoms with Crippen LogP contribution in [0, 0.1) is 5.92 Å². The molecule has 2 heteroatoms. The van der Waals surface area contributed by atoms with E-state index in [1.807, 2.05) is 0 Å². The number of esters is 1. The van der Waals surface area contributed by atoms with Gasteiger partial charge in [-0.05, 0) is 38.0 Å². The third-order valence-electron chi connectivity index (χ3n) is 3.91. The van der Waals surface area contributed by atoms with Gasteiger partial charge in [0.15, 0.2) is 0 Å². The Morgan fingerprint density at radius 1 is 1.00 bits per heavy atom. The molecule has 0 saturated carbocycles. The summed E-state index contributed by atoms with van der Waals surface area (Å²) < 4.78 is 4.62. The van der Waals surface area contributed by atoms with Gasteiger partial charge in [-0.2, -0.15) is 0 Å². The first-order valence-corrected chi connectivity index (χ1v) is 8.42. The maximum atomic E-state index is 10.9. The minimum Gasteiger partial charge on any atom is -0.469 e. The number of hydrogen-bond donors (Lipinski definition) is 0. The fourth-order valence-corrected chi connectivity index (χ4v) is 2.19. The van der Waals surface area contributed by atoms with E-state index < -0.39 is 0 Å². The molecule has 0 rings (SSSR count). The van der Waals surface area contributed by atoms with Crippen LogP contribution >= 0.6 is 0 Å². The molecular weight excluding hydrogens is 248 g/mol. The van der Waals surface area contributed by atoms with Gasteiger partial charge in [0.25, 0.3) is 0 Å². The van der Waals surface area contributed by atoms with Crippen molar-refractivity contribution in [2.75, 3.05) is 7.11 Å². The van der Waals surface area contributed by atoms with Crippen molar-refractivity contribution in [3.63, 3.8) is 0 Å². The predicted octanol–water partition coefficient (Wildman–Crippen LogP) is 5.66. The van der Waals surface area contributed by atoms with E-state index in [1.165, 1.54) is 58.5 Å². The fraction of sp³-hybridized carbons (Fsp3) is 0.833. The third kappa shape index (κ3) is 13.6. The summed E-state index contributed by atoms with van der Waals surface area (Å²) in [6, 6.07) is 0. The van der Waals surface area contributed by atoms with Crippen LogP contribution < -0.4 is 0 Å². The number of carbonyl (C=O) groups is 1. The van der Waals surface area contributed by atoms with Crippen LogP contribution in [0.1, 0.15) is 84.5 Å². The number of methoxy groups -OCH3 is 1. The second kappa shape index (κ2) is 14.6. The summed E-state index contributed by atoms with van der Waals surface area (Å²) in [6.45, 7) is 4.61. The van der Waals surface area contributed by atoms with E-state index in [4.69, 9.17) is 0 Å². The number of rotatable bonds is 13. The Bertz CT molecular complexity index is 246. The summed E-state index contributed by atoms with van der Waals surface area (Å²) in [6.07, 6.45) is 17.6. The van der Waals surface area contributed by atoms with Gasteiger partial charge in [-0.15, -0.1) is 0 Å². The second-order valence-corrected chi connectivity index (χ2v) is 5.80. The molecule has 0 aliphatic rings. The molecule has 0 amide bonds. The normalized spacial score (nSPS) is 12.8. The predicted molar refractivity (Wildman–Crippen MR) is 86.8 cm³/mol. The minimum absolute atomic E-state index is 0.0784. The Morgan fingerprint density at radius 3 is 2.25 bits per heavy atom. The van der Waals surface area contributed by atoms with E-state index in [9.17, 15) is 4.79 Å². The molecule has 0 fully saturated rings. The van der Waals surface area contributed by atoms with Gasteiger partial charge in [0, 0.05) is 6.42 Å². The minimum atomic E-state index is -0.0784. The van der Waals surface area contributed by atoms with Crippen molar-refractivity contribution in [1.82, 2.24) is 0 Å². The first-order chi connectivity index (χ1) is 9.70. The molecule has 0 radical (unpaired) electrons. The van der Waals surface area contributed by atoms with Crippen LogP contribution in [0.5, 0.6) is 0 Å². The average Bonchev–Trinajstić information content (AvgIpc) is 2.47. The molecule has 0 heterocycles. The Balaban J connectivity index is 3.17. The number of ether oxygens (including phenoxy) is 1. The van der Waals surface area contributed by atoms with Gasteiger partial charge in [0.1, 0.15) is 0 Å². The average molecular weight is 282 g/mol. The SMILES string of the molecule is CCC(C)CCC/C=C/CCCCCCCC(=O)OC. The lowest BCUT2D eigenvalue weighted by Gasteiger charge is -2.05. The van der Waals surface area contributed by atoms with Crippen LogP contribution in [0.4, 0.5) is 0 Å². The van der Waals surface area contributed by atoms with Crippen molar-refractivity contribution in [3.8, 4) is 0 Å². The van der Waals surface area contributed by atoms with Gasteiger partial charge in [-0.1, -0.05) is 58.1 Å². The van der Waals surface area contributed by atoms with Crippen molar-refractivity contribution < 1.29 is 9.53 Å². The van der Waals surface area contributed by atoms with Gasteiger partial charge in [-0.3, -0.25) is 4.79 Å². The second-order valence-electron chi connectivity index (χ2n) is 5.80. The van der Waals surface area contributed by atoms with Gasteiger partial charge < -0.3 is 4.74 Å². The molecule has 0 aromatic rings. The zero-order valence-corrected chi connectivity index (χ0v) is 13.8. The zero-order chi connectivity index (χ0) is 15.1. The molecule has 0 aromatic heterocycles. The maximum Gasteiger partial charge on any atom is 0.305 e. The molecule has 0 bridgehead atoms. The van der Waals surface area contributed by atoms with E-state index in [1.54, 1.807) is 0 Å². The quantitative estimate of drug-likeness (QED) is 0.247. The molecule has 2 nitrogen and oxygen atoms in total. The van der Waals surface area contributed by atoms with E-state index in [0.717, 1.165) is 18.8 Å². The molecule has 1 atom stereocenters. The van der Waals surface area contributed by atoms with Crippen molar-refractivity contribution in [1.29, 1.82) is 0 Å².